The van der Waals surface area contributed by atoms with Crippen LogP contribution < -0.4 is 4.72 Å². The molecule has 1 fully saturated rings. The van der Waals surface area contributed by atoms with Gasteiger partial charge in [0.1, 0.15) is 5.25 Å². The van der Waals surface area contributed by atoms with Crippen LogP contribution in [0.1, 0.15) is 37.7 Å². The van der Waals surface area contributed by atoms with Crippen molar-refractivity contribution in [2.75, 3.05) is 4.72 Å². The number of sulfonamides is 1. The molecule has 1 N–H and O–H groups in total. The number of rotatable bonds is 3. The maximum Gasteiger partial charge on any atom is 0.418 e. The van der Waals surface area contributed by atoms with E-state index in [1.54, 1.807) is 0 Å². The number of benzene rings is 1. The molecular formula is C14H15ClF3NO3S. The number of nitrogens with one attached hydrogen (secondary N) is 1. The Morgan fingerprint density at radius 2 is 1.87 bits per heavy atom. The molecule has 1 atom stereocenters. The van der Waals surface area contributed by atoms with Gasteiger partial charge in [-0.3, -0.25) is 9.52 Å². The Morgan fingerprint density at radius 3 is 2.52 bits per heavy atom. The summed E-state index contributed by atoms with van der Waals surface area (Å²) in [5.41, 5.74) is -1.81. The molecular weight excluding hydrogens is 355 g/mol. The second kappa shape index (κ2) is 6.68. The van der Waals surface area contributed by atoms with Gasteiger partial charge in [-0.1, -0.05) is 24.4 Å². The number of Topliss-reactive ketones (excluding diaryl/α,β-unsaturated/α-hetero) is 1. The van der Waals surface area contributed by atoms with Gasteiger partial charge in [-0.2, -0.15) is 13.2 Å². The fourth-order valence-corrected chi connectivity index (χ4v) is 4.26. The Hall–Kier alpha value is -1.28. The molecule has 0 saturated heterocycles. The maximum absolute atomic E-state index is 13.0. The quantitative estimate of drug-likeness (QED) is 0.819. The second-order valence-corrected chi connectivity index (χ2v) is 7.69. The molecule has 2 rings (SSSR count). The fourth-order valence-electron chi connectivity index (χ4n) is 2.52. The van der Waals surface area contributed by atoms with Gasteiger partial charge in [0.15, 0.2) is 5.78 Å². The summed E-state index contributed by atoms with van der Waals surface area (Å²) in [5.74, 6) is -0.461. The number of halogens is 4. The molecule has 0 aliphatic heterocycles. The van der Waals surface area contributed by atoms with Crippen LogP contribution in [0.3, 0.4) is 0 Å². The molecule has 1 aliphatic rings. The number of carbonyl (C=O) groups is 1. The van der Waals surface area contributed by atoms with E-state index in [4.69, 9.17) is 11.6 Å². The molecule has 1 unspecified atom stereocenters. The first-order valence-corrected chi connectivity index (χ1v) is 8.95. The minimum Gasteiger partial charge on any atom is -0.298 e. The van der Waals surface area contributed by atoms with Crippen molar-refractivity contribution in [1.82, 2.24) is 0 Å². The lowest BCUT2D eigenvalue weighted by molar-refractivity contribution is -0.136. The fraction of sp³-hybridized carbons (Fsp3) is 0.500. The van der Waals surface area contributed by atoms with Crippen LogP contribution in [0, 0.1) is 0 Å². The highest BCUT2D eigenvalue weighted by Gasteiger charge is 2.37. The van der Waals surface area contributed by atoms with E-state index in [-0.39, 0.29) is 17.9 Å². The van der Waals surface area contributed by atoms with E-state index < -0.39 is 38.5 Å². The largest absolute Gasteiger partial charge is 0.418 e. The van der Waals surface area contributed by atoms with Crippen LogP contribution in [0.15, 0.2) is 18.2 Å². The molecule has 128 valence electrons. The standard InChI is InChI=1S/C14H15ClF3NO3S/c15-9-6-7-11(10(8-9)14(16,17)18)19-23(21,22)13-5-3-1-2-4-12(13)20/h6-8,13,19H,1-5H2. The van der Waals surface area contributed by atoms with Gasteiger partial charge in [0.2, 0.25) is 10.0 Å². The summed E-state index contributed by atoms with van der Waals surface area (Å²) >= 11 is 5.56. The predicted octanol–water partition coefficient (Wildman–Crippen LogP) is 4.00. The zero-order chi connectivity index (χ0) is 17.3. The molecule has 0 amide bonds. The van der Waals surface area contributed by atoms with Gasteiger partial charge in [-0.05, 0) is 31.0 Å². The van der Waals surface area contributed by atoms with E-state index in [9.17, 15) is 26.4 Å². The van der Waals surface area contributed by atoms with Gasteiger partial charge in [0.05, 0.1) is 11.3 Å². The second-order valence-electron chi connectivity index (χ2n) is 5.39. The van der Waals surface area contributed by atoms with Crippen LogP contribution >= 0.6 is 11.6 Å². The normalized spacial score (nSPS) is 20.2. The minimum absolute atomic E-state index is 0.114. The zero-order valence-corrected chi connectivity index (χ0v) is 13.6. The SMILES string of the molecule is O=C1CCCCCC1S(=O)(=O)Nc1ccc(Cl)cc1C(F)(F)F. The average molecular weight is 370 g/mol. The van der Waals surface area contributed by atoms with Crippen molar-refractivity contribution in [3.8, 4) is 0 Å². The summed E-state index contributed by atoms with van der Waals surface area (Å²) < 4.78 is 65.7. The van der Waals surface area contributed by atoms with E-state index in [1.165, 1.54) is 0 Å². The smallest absolute Gasteiger partial charge is 0.298 e. The first-order chi connectivity index (χ1) is 10.6. The minimum atomic E-state index is -4.77. The Labute approximate surface area is 137 Å². The number of carbonyl (C=O) groups excluding carboxylic acids is 1. The van der Waals surface area contributed by atoms with E-state index >= 15 is 0 Å². The van der Waals surface area contributed by atoms with Gasteiger partial charge < -0.3 is 0 Å². The molecule has 0 spiro atoms. The lowest BCUT2D eigenvalue weighted by Gasteiger charge is -2.19. The van der Waals surface area contributed by atoms with Crippen molar-refractivity contribution in [3.63, 3.8) is 0 Å². The van der Waals surface area contributed by atoms with Crippen molar-refractivity contribution in [1.29, 1.82) is 0 Å². The van der Waals surface area contributed by atoms with Crippen LogP contribution in [0.5, 0.6) is 0 Å². The van der Waals surface area contributed by atoms with Crippen LogP contribution in [-0.2, 0) is 21.0 Å². The molecule has 23 heavy (non-hydrogen) atoms. The predicted molar refractivity (Wildman–Crippen MR) is 80.9 cm³/mol. The molecule has 0 bridgehead atoms. The summed E-state index contributed by atoms with van der Waals surface area (Å²) in [6, 6.07) is 2.75. The molecule has 1 aromatic rings. The monoisotopic (exact) mass is 369 g/mol. The third-order valence-electron chi connectivity index (χ3n) is 3.66. The summed E-state index contributed by atoms with van der Waals surface area (Å²) in [6.07, 6.45) is -2.66. The van der Waals surface area contributed by atoms with Crippen LogP contribution in [-0.4, -0.2) is 19.5 Å². The highest BCUT2D eigenvalue weighted by molar-refractivity contribution is 7.94. The number of hydrogen-bond donors (Lipinski definition) is 1. The molecule has 1 saturated carbocycles. The molecule has 4 nitrogen and oxygen atoms in total. The van der Waals surface area contributed by atoms with Gasteiger partial charge >= 0.3 is 6.18 Å². The summed E-state index contributed by atoms with van der Waals surface area (Å²) in [4.78, 5) is 11.9. The molecule has 0 aromatic heterocycles. The topological polar surface area (TPSA) is 63.2 Å². The zero-order valence-electron chi connectivity index (χ0n) is 12.0. The van der Waals surface area contributed by atoms with Crippen LogP contribution in [0.2, 0.25) is 5.02 Å². The summed E-state index contributed by atoms with van der Waals surface area (Å²) in [5, 5.41) is -1.48. The number of hydrogen-bond acceptors (Lipinski definition) is 3. The first-order valence-electron chi connectivity index (χ1n) is 7.02. The molecule has 0 radical (unpaired) electrons. The lowest BCUT2D eigenvalue weighted by Crippen LogP contribution is -2.34. The maximum atomic E-state index is 13.0. The van der Waals surface area contributed by atoms with E-state index in [0.29, 0.717) is 18.9 Å². The average Bonchev–Trinajstić information content (AvgIpc) is 2.64. The van der Waals surface area contributed by atoms with Crippen molar-refractivity contribution in [2.45, 2.75) is 43.5 Å². The van der Waals surface area contributed by atoms with Crippen LogP contribution in [0.25, 0.3) is 0 Å². The van der Waals surface area contributed by atoms with E-state index in [0.717, 1.165) is 18.6 Å². The highest BCUT2D eigenvalue weighted by Crippen LogP contribution is 2.37. The lowest BCUT2D eigenvalue weighted by atomic mass is 10.2. The van der Waals surface area contributed by atoms with Gasteiger partial charge in [-0.15, -0.1) is 0 Å². The Balaban J connectivity index is 2.35. The Bertz CT molecular complexity index is 704. The van der Waals surface area contributed by atoms with Crippen molar-refractivity contribution in [2.24, 2.45) is 0 Å². The molecule has 1 aliphatic carbocycles. The van der Waals surface area contributed by atoms with Crippen molar-refractivity contribution in [3.05, 3.63) is 28.8 Å². The van der Waals surface area contributed by atoms with E-state index in [1.807, 2.05) is 4.72 Å². The molecule has 9 heteroatoms. The van der Waals surface area contributed by atoms with Gasteiger partial charge in [0, 0.05) is 11.4 Å². The van der Waals surface area contributed by atoms with Crippen LogP contribution in [0.4, 0.5) is 18.9 Å². The summed E-state index contributed by atoms with van der Waals surface area (Å²) in [6.45, 7) is 0. The van der Waals surface area contributed by atoms with Gasteiger partial charge in [0.25, 0.3) is 0 Å². The van der Waals surface area contributed by atoms with Crippen molar-refractivity contribution < 1.29 is 26.4 Å². The van der Waals surface area contributed by atoms with Gasteiger partial charge in [-0.25, -0.2) is 8.42 Å². The third-order valence-corrected chi connectivity index (χ3v) is 5.65. The Kier molecular flexibility index (Phi) is 5.25. The number of alkyl halides is 3. The van der Waals surface area contributed by atoms with Crippen molar-refractivity contribution >= 4 is 33.1 Å². The highest BCUT2D eigenvalue weighted by atomic mass is 35.5. The van der Waals surface area contributed by atoms with E-state index in [2.05, 4.69) is 0 Å². The number of ketones is 1. The summed E-state index contributed by atoms with van der Waals surface area (Å²) in [7, 11) is -4.25. The Morgan fingerprint density at radius 1 is 1.17 bits per heavy atom. The first kappa shape index (κ1) is 18.1. The molecule has 0 heterocycles. The molecule has 1 aromatic carbocycles. The number of anilines is 1. The third kappa shape index (κ3) is 4.38.